The van der Waals surface area contributed by atoms with Gasteiger partial charge in [-0.15, -0.1) is 0 Å². The van der Waals surface area contributed by atoms with Crippen molar-refractivity contribution in [1.29, 1.82) is 0 Å². The third-order valence-corrected chi connectivity index (χ3v) is 8.62. The molecule has 272 valence electrons. The van der Waals surface area contributed by atoms with E-state index in [4.69, 9.17) is 14.2 Å². The van der Waals surface area contributed by atoms with Crippen LogP contribution in [0.3, 0.4) is 0 Å². The zero-order valence-corrected chi connectivity index (χ0v) is 30.9. The molecule has 0 aliphatic heterocycles. The van der Waals surface area contributed by atoms with Crippen molar-refractivity contribution in [1.82, 2.24) is 4.90 Å². The minimum Gasteiger partial charge on any atom is -0.466 e. The van der Waals surface area contributed by atoms with E-state index in [1.54, 1.807) is 0 Å². The minimum atomic E-state index is -0.0979. The van der Waals surface area contributed by atoms with Crippen molar-refractivity contribution in [2.24, 2.45) is 0 Å². The summed E-state index contributed by atoms with van der Waals surface area (Å²) in [5, 5.41) is 0. The standard InChI is InChI=1S/C39H75NO6/c1-5-7-9-11-13-19-25-34-44-37(41)30-23-17-15-21-28-36(46-39(43)32-27-33-40(3)4)29-22-16-18-24-31-38(42)45-35-26-20-14-12-10-8-6-2/h36H,5-35H2,1-4H3. The number of hydrogen-bond donors (Lipinski definition) is 0. The molecule has 7 heteroatoms. The topological polar surface area (TPSA) is 82.1 Å². The first-order chi connectivity index (χ1) is 22.4. The summed E-state index contributed by atoms with van der Waals surface area (Å²) in [6.45, 7) is 6.44. The zero-order chi connectivity index (χ0) is 33.9. The first-order valence-electron chi connectivity index (χ1n) is 19.5. The SMILES string of the molecule is CCCCCCCCCOC(=O)CCCCCCC(CCCCCCC(=O)OCCCCCCCCC)OC(=O)CCCN(C)C. The Balaban J connectivity index is 4.08. The van der Waals surface area contributed by atoms with Crippen LogP contribution in [0.4, 0.5) is 0 Å². The van der Waals surface area contributed by atoms with Gasteiger partial charge in [0.25, 0.3) is 0 Å². The second-order valence-electron chi connectivity index (χ2n) is 13.6. The Kier molecular flexibility index (Phi) is 33.5. The monoisotopic (exact) mass is 654 g/mol. The summed E-state index contributed by atoms with van der Waals surface area (Å²) in [4.78, 5) is 38.6. The molecule has 0 saturated carbocycles. The fourth-order valence-corrected chi connectivity index (χ4v) is 5.67. The summed E-state index contributed by atoms with van der Waals surface area (Å²) >= 11 is 0. The van der Waals surface area contributed by atoms with Gasteiger partial charge in [0.15, 0.2) is 0 Å². The second kappa shape index (κ2) is 34.7. The van der Waals surface area contributed by atoms with Gasteiger partial charge in [-0.3, -0.25) is 14.4 Å². The van der Waals surface area contributed by atoms with Crippen molar-refractivity contribution in [3.63, 3.8) is 0 Å². The number of esters is 3. The van der Waals surface area contributed by atoms with Crippen LogP contribution in [-0.4, -0.2) is 62.8 Å². The molecule has 0 aromatic carbocycles. The number of nitrogens with zero attached hydrogens (tertiary/aromatic N) is 1. The first kappa shape index (κ1) is 44.4. The minimum absolute atomic E-state index is 0.0502. The number of carbonyl (C=O) groups is 3. The Hall–Kier alpha value is -1.63. The predicted octanol–water partition coefficient (Wildman–Crippen LogP) is 10.5. The van der Waals surface area contributed by atoms with E-state index in [0.717, 1.165) is 103 Å². The Morgan fingerprint density at radius 3 is 1.26 bits per heavy atom. The average Bonchev–Trinajstić information content (AvgIpc) is 3.02. The fourth-order valence-electron chi connectivity index (χ4n) is 5.67. The van der Waals surface area contributed by atoms with Crippen LogP contribution in [0.2, 0.25) is 0 Å². The molecule has 0 radical (unpaired) electrons. The van der Waals surface area contributed by atoms with E-state index in [-0.39, 0.29) is 24.0 Å². The normalized spacial score (nSPS) is 11.3. The zero-order valence-electron chi connectivity index (χ0n) is 30.9. The molecule has 0 saturated heterocycles. The molecule has 0 amide bonds. The molecule has 0 N–H and O–H groups in total. The third-order valence-electron chi connectivity index (χ3n) is 8.62. The Bertz CT molecular complexity index is 654. The van der Waals surface area contributed by atoms with Crippen LogP contribution >= 0.6 is 0 Å². The fraction of sp³-hybridized carbons (Fsp3) is 0.923. The molecule has 0 aliphatic rings. The highest BCUT2D eigenvalue weighted by atomic mass is 16.5. The quantitative estimate of drug-likeness (QED) is 0.0382. The highest BCUT2D eigenvalue weighted by Crippen LogP contribution is 2.18. The highest BCUT2D eigenvalue weighted by Gasteiger charge is 2.15. The molecule has 0 aromatic heterocycles. The van der Waals surface area contributed by atoms with Gasteiger partial charge in [0.2, 0.25) is 0 Å². The van der Waals surface area contributed by atoms with Crippen molar-refractivity contribution in [3.05, 3.63) is 0 Å². The van der Waals surface area contributed by atoms with Gasteiger partial charge in [-0.1, -0.05) is 117 Å². The van der Waals surface area contributed by atoms with E-state index in [2.05, 4.69) is 18.7 Å². The van der Waals surface area contributed by atoms with Gasteiger partial charge in [-0.05, 0) is 78.4 Å². The van der Waals surface area contributed by atoms with Crippen LogP contribution in [0.15, 0.2) is 0 Å². The molecule has 0 heterocycles. The van der Waals surface area contributed by atoms with Crippen LogP contribution in [0.1, 0.15) is 194 Å². The summed E-state index contributed by atoms with van der Waals surface area (Å²) in [6, 6.07) is 0. The molecule has 0 aromatic rings. The van der Waals surface area contributed by atoms with Crippen LogP contribution in [0, 0.1) is 0 Å². The maximum Gasteiger partial charge on any atom is 0.306 e. The summed E-state index contributed by atoms with van der Waals surface area (Å²) in [6.07, 6.45) is 28.7. The first-order valence-corrected chi connectivity index (χ1v) is 19.5. The molecular weight excluding hydrogens is 578 g/mol. The van der Waals surface area contributed by atoms with Gasteiger partial charge in [-0.2, -0.15) is 0 Å². The lowest BCUT2D eigenvalue weighted by Gasteiger charge is -2.18. The molecule has 0 bridgehead atoms. The molecule has 7 nitrogen and oxygen atoms in total. The number of ether oxygens (including phenoxy) is 3. The van der Waals surface area contributed by atoms with E-state index in [0.29, 0.717) is 32.5 Å². The van der Waals surface area contributed by atoms with Gasteiger partial charge in [0.1, 0.15) is 6.10 Å². The van der Waals surface area contributed by atoms with Crippen molar-refractivity contribution in [2.45, 2.75) is 200 Å². The van der Waals surface area contributed by atoms with E-state index >= 15 is 0 Å². The van der Waals surface area contributed by atoms with Crippen molar-refractivity contribution in [2.75, 3.05) is 33.9 Å². The smallest absolute Gasteiger partial charge is 0.306 e. The Morgan fingerprint density at radius 2 is 0.826 bits per heavy atom. The van der Waals surface area contributed by atoms with E-state index in [1.165, 1.54) is 64.2 Å². The average molecular weight is 654 g/mol. The van der Waals surface area contributed by atoms with Crippen molar-refractivity contribution in [3.8, 4) is 0 Å². The van der Waals surface area contributed by atoms with Gasteiger partial charge in [0, 0.05) is 19.3 Å². The third kappa shape index (κ3) is 33.7. The number of rotatable bonds is 35. The van der Waals surface area contributed by atoms with Crippen LogP contribution in [0.25, 0.3) is 0 Å². The van der Waals surface area contributed by atoms with E-state index < -0.39 is 0 Å². The lowest BCUT2D eigenvalue weighted by Crippen LogP contribution is -2.20. The number of unbranched alkanes of at least 4 members (excludes halogenated alkanes) is 18. The predicted molar refractivity (Wildman–Crippen MR) is 191 cm³/mol. The molecule has 0 aliphatic carbocycles. The summed E-state index contributed by atoms with van der Waals surface area (Å²) in [5.41, 5.74) is 0. The number of carbonyl (C=O) groups excluding carboxylic acids is 3. The molecule has 46 heavy (non-hydrogen) atoms. The summed E-state index contributed by atoms with van der Waals surface area (Å²) in [5.74, 6) is -0.242. The van der Waals surface area contributed by atoms with E-state index in [1.807, 2.05) is 14.1 Å². The lowest BCUT2D eigenvalue weighted by molar-refractivity contribution is -0.150. The van der Waals surface area contributed by atoms with Gasteiger partial charge < -0.3 is 19.1 Å². The van der Waals surface area contributed by atoms with Gasteiger partial charge >= 0.3 is 17.9 Å². The van der Waals surface area contributed by atoms with Gasteiger partial charge in [-0.25, -0.2) is 0 Å². The van der Waals surface area contributed by atoms with Crippen molar-refractivity contribution < 1.29 is 28.6 Å². The Labute approximate surface area is 284 Å². The highest BCUT2D eigenvalue weighted by molar-refractivity contribution is 5.70. The van der Waals surface area contributed by atoms with E-state index in [9.17, 15) is 14.4 Å². The van der Waals surface area contributed by atoms with Crippen LogP contribution in [-0.2, 0) is 28.6 Å². The molecule has 0 unspecified atom stereocenters. The summed E-state index contributed by atoms with van der Waals surface area (Å²) in [7, 11) is 4.03. The number of hydrogen-bond acceptors (Lipinski definition) is 7. The maximum atomic E-state index is 12.5. The molecule has 0 atom stereocenters. The maximum absolute atomic E-state index is 12.5. The molecule has 0 fully saturated rings. The van der Waals surface area contributed by atoms with Crippen molar-refractivity contribution >= 4 is 17.9 Å². The molecular formula is C39H75NO6. The van der Waals surface area contributed by atoms with Crippen LogP contribution in [0.5, 0.6) is 0 Å². The summed E-state index contributed by atoms with van der Waals surface area (Å²) < 4.78 is 16.7. The Morgan fingerprint density at radius 1 is 0.457 bits per heavy atom. The largest absolute Gasteiger partial charge is 0.466 e. The molecule has 0 spiro atoms. The van der Waals surface area contributed by atoms with Gasteiger partial charge in [0.05, 0.1) is 13.2 Å². The second-order valence-corrected chi connectivity index (χ2v) is 13.6. The lowest BCUT2D eigenvalue weighted by atomic mass is 10.0. The van der Waals surface area contributed by atoms with Crippen LogP contribution < -0.4 is 0 Å². The molecule has 0 rings (SSSR count).